The maximum absolute atomic E-state index is 5.22. The van der Waals surface area contributed by atoms with Crippen molar-refractivity contribution in [1.29, 1.82) is 0 Å². The van der Waals surface area contributed by atoms with Crippen LogP contribution in [0.3, 0.4) is 0 Å². The molecule has 68 valence electrons. The molecule has 0 atom stereocenters. The molecule has 0 unspecified atom stereocenters. The lowest BCUT2D eigenvalue weighted by Gasteiger charge is -1.93. The predicted molar refractivity (Wildman–Crippen MR) is 49.8 cm³/mol. The molecule has 0 aliphatic carbocycles. The lowest BCUT2D eigenvalue weighted by Crippen LogP contribution is -1.92. The number of aryl methyl sites for hydroxylation is 1. The number of aromatic nitrogens is 3. The highest BCUT2D eigenvalue weighted by Gasteiger charge is 2.03. The molecule has 2 aromatic rings. The topological polar surface area (TPSA) is 50.8 Å². The second kappa shape index (κ2) is 3.05. The monoisotopic (exact) mass is 177 g/mol. The summed E-state index contributed by atoms with van der Waals surface area (Å²) >= 11 is 0. The number of nitrogens with zero attached hydrogens (tertiary/aromatic N) is 2. The van der Waals surface area contributed by atoms with Crippen LogP contribution in [0.25, 0.3) is 11.2 Å². The number of ether oxygens (including phenoxy) is 1. The summed E-state index contributed by atoms with van der Waals surface area (Å²) in [6.45, 7) is 4.53. The van der Waals surface area contributed by atoms with Crippen LogP contribution in [-0.2, 0) is 0 Å². The molecule has 2 rings (SSSR count). The van der Waals surface area contributed by atoms with Crippen molar-refractivity contribution in [2.24, 2.45) is 0 Å². The van der Waals surface area contributed by atoms with Crippen molar-refractivity contribution in [2.45, 2.75) is 13.8 Å². The first-order chi connectivity index (χ1) is 6.29. The molecule has 4 heteroatoms. The van der Waals surface area contributed by atoms with E-state index in [1.807, 2.05) is 19.9 Å². The maximum atomic E-state index is 5.22. The van der Waals surface area contributed by atoms with Gasteiger partial charge < -0.3 is 9.72 Å². The normalized spacial score (nSPS) is 10.6. The van der Waals surface area contributed by atoms with E-state index >= 15 is 0 Å². The Morgan fingerprint density at radius 2 is 2.38 bits per heavy atom. The van der Waals surface area contributed by atoms with Crippen molar-refractivity contribution in [1.82, 2.24) is 15.0 Å². The second-order valence-electron chi connectivity index (χ2n) is 2.86. The number of hydrogen-bond donors (Lipinski definition) is 1. The van der Waals surface area contributed by atoms with Crippen molar-refractivity contribution in [3.8, 4) is 6.01 Å². The van der Waals surface area contributed by atoms with Gasteiger partial charge >= 0.3 is 0 Å². The quantitative estimate of drug-likeness (QED) is 0.759. The van der Waals surface area contributed by atoms with E-state index in [2.05, 4.69) is 15.0 Å². The van der Waals surface area contributed by atoms with Gasteiger partial charge in [0.25, 0.3) is 6.01 Å². The Labute approximate surface area is 76.0 Å². The van der Waals surface area contributed by atoms with Gasteiger partial charge in [-0.2, -0.15) is 4.98 Å². The third kappa shape index (κ3) is 1.47. The van der Waals surface area contributed by atoms with Gasteiger partial charge in [0.2, 0.25) is 0 Å². The van der Waals surface area contributed by atoms with E-state index in [4.69, 9.17) is 4.74 Å². The van der Waals surface area contributed by atoms with E-state index in [-0.39, 0.29) is 0 Å². The first-order valence-electron chi connectivity index (χ1n) is 4.24. The summed E-state index contributed by atoms with van der Waals surface area (Å²) in [5.41, 5.74) is 2.73. The molecular weight excluding hydrogens is 166 g/mol. The minimum atomic E-state index is 0.538. The Bertz CT molecular complexity index is 422. The average molecular weight is 177 g/mol. The van der Waals surface area contributed by atoms with Crippen LogP contribution in [0, 0.1) is 6.92 Å². The number of imidazole rings is 1. The van der Waals surface area contributed by atoms with Gasteiger partial charge in [0.15, 0.2) is 5.65 Å². The van der Waals surface area contributed by atoms with E-state index in [1.54, 1.807) is 6.20 Å². The molecule has 0 saturated heterocycles. The molecule has 13 heavy (non-hydrogen) atoms. The van der Waals surface area contributed by atoms with Crippen molar-refractivity contribution in [3.05, 3.63) is 17.8 Å². The van der Waals surface area contributed by atoms with Crippen LogP contribution in [0.15, 0.2) is 12.3 Å². The zero-order valence-corrected chi connectivity index (χ0v) is 7.66. The molecule has 0 bridgehead atoms. The Morgan fingerprint density at radius 1 is 1.54 bits per heavy atom. The lowest BCUT2D eigenvalue weighted by molar-refractivity contribution is 0.317. The van der Waals surface area contributed by atoms with Crippen molar-refractivity contribution in [3.63, 3.8) is 0 Å². The Morgan fingerprint density at radius 3 is 3.15 bits per heavy atom. The molecule has 0 aromatic carbocycles. The Kier molecular flexibility index (Phi) is 1.88. The fourth-order valence-electron chi connectivity index (χ4n) is 1.19. The van der Waals surface area contributed by atoms with Gasteiger partial charge in [-0.05, 0) is 25.5 Å². The van der Waals surface area contributed by atoms with Crippen LogP contribution < -0.4 is 4.74 Å². The molecule has 4 nitrogen and oxygen atoms in total. The summed E-state index contributed by atoms with van der Waals surface area (Å²) in [6.07, 6.45) is 1.79. The molecule has 2 aromatic heterocycles. The van der Waals surface area contributed by atoms with E-state index in [0.29, 0.717) is 18.3 Å². The first-order valence-corrected chi connectivity index (χ1v) is 4.24. The van der Waals surface area contributed by atoms with Gasteiger partial charge in [-0.15, -0.1) is 0 Å². The highest BCUT2D eigenvalue weighted by atomic mass is 16.5. The third-order valence-electron chi connectivity index (χ3n) is 1.73. The lowest BCUT2D eigenvalue weighted by atomic mass is 10.3. The molecule has 0 spiro atoms. The van der Waals surface area contributed by atoms with Gasteiger partial charge in [-0.25, -0.2) is 4.98 Å². The van der Waals surface area contributed by atoms with Crippen LogP contribution in [0.4, 0.5) is 0 Å². The second-order valence-corrected chi connectivity index (χ2v) is 2.86. The smallest absolute Gasteiger partial charge is 0.296 e. The largest absolute Gasteiger partial charge is 0.465 e. The SMILES string of the molecule is CCOc1nc2ncc(C)cc2[nH]1. The fraction of sp³-hybridized carbons (Fsp3) is 0.333. The molecule has 0 aliphatic rings. The molecule has 1 N–H and O–H groups in total. The average Bonchev–Trinajstić information content (AvgIpc) is 2.46. The van der Waals surface area contributed by atoms with Gasteiger partial charge in [-0.3, -0.25) is 0 Å². The van der Waals surface area contributed by atoms with E-state index in [1.165, 1.54) is 0 Å². The van der Waals surface area contributed by atoms with E-state index in [0.717, 1.165) is 11.1 Å². The predicted octanol–water partition coefficient (Wildman–Crippen LogP) is 1.67. The van der Waals surface area contributed by atoms with Crippen molar-refractivity contribution >= 4 is 11.2 Å². The summed E-state index contributed by atoms with van der Waals surface area (Å²) in [5.74, 6) is 0. The molecule has 2 heterocycles. The van der Waals surface area contributed by atoms with Crippen molar-refractivity contribution < 1.29 is 4.74 Å². The van der Waals surface area contributed by atoms with Crippen molar-refractivity contribution in [2.75, 3.05) is 6.61 Å². The number of rotatable bonds is 2. The number of fused-ring (bicyclic) bond motifs is 1. The van der Waals surface area contributed by atoms with E-state index < -0.39 is 0 Å². The molecule has 0 radical (unpaired) electrons. The van der Waals surface area contributed by atoms with Crippen LogP contribution in [0.2, 0.25) is 0 Å². The minimum absolute atomic E-state index is 0.538. The molecule has 0 amide bonds. The summed E-state index contributed by atoms with van der Waals surface area (Å²) in [5, 5.41) is 0. The summed E-state index contributed by atoms with van der Waals surface area (Å²) in [4.78, 5) is 11.4. The van der Waals surface area contributed by atoms with Crippen LogP contribution >= 0.6 is 0 Å². The number of aromatic amines is 1. The number of H-pyrrole nitrogens is 1. The zero-order valence-electron chi connectivity index (χ0n) is 7.66. The summed E-state index contributed by atoms with van der Waals surface area (Å²) in [7, 11) is 0. The summed E-state index contributed by atoms with van der Waals surface area (Å²) < 4.78 is 5.22. The van der Waals surface area contributed by atoms with Gasteiger partial charge in [-0.1, -0.05) is 0 Å². The standard InChI is InChI=1S/C9H11N3O/c1-3-13-9-11-7-4-6(2)5-10-8(7)12-9/h4-5H,3H2,1-2H3,(H,10,11,12). The van der Waals surface area contributed by atoms with Gasteiger partial charge in [0.1, 0.15) is 0 Å². The molecular formula is C9H11N3O. The minimum Gasteiger partial charge on any atom is -0.465 e. The number of pyridine rings is 1. The third-order valence-corrected chi connectivity index (χ3v) is 1.73. The maximum Gasteiger partial charge on any atom is 0.296 e. The summed E-state index contributed by atoms with van der Waals surface area (Å²) in [6, 6.07) is 2.54. The Balaban J connectivity index is 2.49. The van der Waals surface area contributed by atoms with Crippen LogP contribution in [-0.4, -0.2) is 21.6 Å². The molecule has 0 fully saturated rings. The molecule has 0 saturated carbocycles. The van der Waals surface area contributed by atoms with Crippen LogP contribution in [0.5, 0.6) is 6.01 Å². The number of hydrogen-bond acceptors (Lipinski definition) is 3. The zero-order chi connectivity index (χ0) is 9.26. The highest BCUT2D eigenvalue weighted by Crippen LogP contribution is 2.14. The van der Waals surface area contributed by atoms with Gasteiger partial charge in [0, 0.05) is 6.20 Å². The van der Waals surface area contributed by atoms with E-state index in [9.17, 15) is 0 Å². The van der Waals surface area contributed by atoms with Gasteiger partial charge in [0.05, 0.1) is 12.1 Å². The molecule has 0 aliphatic heterocycles. The highest BCUT2D eigenvalue weighted by molar-refractivity contribution is 5.71. The first kappa shape index (κ1) is 8.04. The van der Waals surface area contributed by atoms with Crippen LogP contribution in [0.1, 0.15) is 12.5 Å². The number of nitrogens with one attached hydrogen (secondary N) is 1. The Hall–Kier alpha value is -1.58. The fourth-order valence-corrected chi connectivity index (χ4v) is 1.19.